The van der Waals surface area contributed by atoms with Gasteiger partial charge in [-0.15, -0.1) is 0 Å². The predicted molar refractivity (Wildman–Crippen MR) is 137 cm³/mol. The molecule has 0 aliphatic carbocycles. The maximum atomic E-state index is 12.4. The molecule has 4 heteroatoms. The molecule has 188 valence electrons. The van der Waals surface area contributed by atoms with Crippen LogP contribution in [0.25, 0.3) is 0 Å². The molecule has 0 bridgehead atoms. The molecule has 0 aromatic heterocycles. The molecule has 0 aliphatic rings. The van der Waals surface area contributed by atoms with E-state index in [0.29, 0.717) is 24.3 Å². The Balaban J connectivity index is 2.61. The van der Waals surface area contributed by atoms with E-state index in [2.05, 4.69) is 20.8 Å². The van der Waals surface area contributed by atoms with Crippen LogP contribution in [0.4, 0.5) is 0 Å². The molecule has 1 aromatic carbocycles. The lowest BCUT2D eigenvalue weighted by atomic mass is 10.1. The van der Waals surface area contributed by atoms with Crippen LogP contribution in [0.3, 0.4) is 0 Å². The topological polar surface area (TPSA) is 52.6 Å². The summed E-state index contributed by atoms with van der Waals surface area (Å²) in [6.07, 6.45) is 18.6. The first-order valence-corrected chi connectivity index (χ1v) is 13.6. The Labute approximate surface area is 202 Å². The summed E-state index contributed by atoms with van der Waals surface area (Å²) >= 11 is 0. The van der Waals surface area contributed by atoms with Crippen LogP contribution >= 0.6 is 0 Å². The summed E-state index contributed by atoms with van der Waals surface area (Å²) in [5, 5.41) is 0. The average molecular weight is 461 g/mol. The molecule has 0 saturated heterocycles. The minimum Gasteiger partial charge on any atom is -0.423 e. The van der Waals surface area contributed by atoms with E-state index in [0.717, 1.165) is 63.4 Å². The van der Waals surface area contributed by atoms with Gasteiger partial charge in [0.1, 0.15) is 0 Å². The van der Waals surface area contributed by atoms with Gasteiger partial charge in [0.05, 0.1) is 0 Å². The van der Waals surface area contributed by atoms with E-state index < -0.39 is 0 Å². The van der Waals surface area contributed by atoms with Crippen molar-refractivity contribution in [3.05, 3.63) is 23.8 Å². The van der Waals surface area contributed by atoms with Crippen LogP contribution in [0, 0.1) is 0 Å². The standard InChI is InChI=1S/C29H48O4/c1-4-7-10-12-14-17-20-28(30)32-26-23-22-25(19-16-9-6-3)24-27(26)33-29(31)21-18-15-13-11-8-5-2/h22-24H,4-21H2,1-3H3. The van der Waals surface area contributed by atoms with Gasteiger partial charge in [0, 0.05) is 12.8 Å². The number of esters is 2. The lowest BCUT2D eigenvalue weighted by Gasteiger charge is -2.13. The molecule has 0 spiro atoms. The Bertz CT molecular complexity index is 653. The van der Waals surface area contributed by atoms with E-state index >= 15 is 0 Å². The highest BCUT2D eigenvalue weighted by atomic mass is 16.6. The minimum atomic E-state index is -0.252. The van der Waals surface area contributed by atoms with Crippen molar-refractivity contribution in [2.45, 2.75) is 136 Å². The van der Waals surface area contributed by atoms with Crippen molar-refractivity contribution in [1.29, 1.82) is 0 Å². The van der Waals surface area contributed by atoms with Crippen LogP contribution in [0.1, 0.15) is 135 Å². The van der Waals surface area contributed by atoms with Crippen molar-refractivity contribution < 1.29 is 19.1 Å². The number of ether oxygens (including phenoxy) is 2. The Kier molecular flexibility index (Phi) is 17.4. The lowest BCUT2D eigenvalue weighted by molar-refractivity contribution is -0.137. The van der Waals surface area contributed by atoms with E-state index in [-0.39, 0.29) is 11.9 Å². The zero-order valence-electron chi connectivity index (χ0n) is 21.6. The molecule has 0 amide bonds. The van der Waals surface area contributed by atoms with Gasteiger partial charge >= 0.3 is 11.9 Å². The van der Waals surface area contributed by atoms with E-state index in [1.807, 2.05) is 12.1 Å². The molecule has 0 N–H and O–H groups in total. The molecule has 0 fully saturated rings. The number of benzene rings is 1. The molecule has 0 unspecified atom stereocenters. The largest absolute Gasteiger partial charge is 0.423 e. The van der Waals surface area contributed by atoms with Crippen molar-refractivity contribution in [2.24, 2.45) is 0 Å². The summed E-state index contributed by atoms with van der Waals surface area (Å²) in [4.78, 5) is 24.8. The fourth-order valence-corrected chi connectivity index (χ4v) is 3.90. The maximum absolute atomic E-state index is 12.4. The average Bonchev–Trinajstić information content (AvgIpc) is 2.80. The molecule has 0 radical (unpaired) electrons. The zero-order valence-corrected chi connectivity index (χ0v) is 21.6. The summed E-state index contributed by atoms with van der Waals surface area (Å²) in [6.45, 7) is 6.58. The minimum absolute atomic E-state index is 0.246. The molecule has 1 rings (SSSR count). The zero-order chi connectivity index (χ0) is 24.2. The summed E-state index contributed by atoms with van der Waals surface area (Å²) in [5.41, 5.74) is 1.11. The number of hydrogen-bond acceptors (Lipinski definition) is 4. The van der Waals surface area contributed by atoms with Gasteiger partial charge in [-0.25, -0.2) is 0 Å². The van der Waals surface area contributed by atoms with E-state index in [1.54, 1.807) is 6.07 Å². The Hall–Kier alpha value is -1.84. The van der Waals surface area contributed by atoms with Gasteiger partial charge in [0.15, 0.2) is 11.5 Å². The number of carbonyl (C=O) groups is 2. The van der Waals surface area contributed by atoms with E-state index in [4.69, 9.17) is 9.47 Å². The highest BCUT2D eigenvalue weighted by molar-refractivity contribution is 5.76. The molecule has 0 atom stereocenters. The first-order valence-electron chi connectivity index (χ1n) is 13.6. The summed E-state index contributed by atoms with van der Waals surface area (Å²) in [5.74, 6) is 0.250. The molecule has 0 heterocycles. The number of unbranched alkanes of at least 4 members (excludes halogenated alkanes) is 12. The first-order chi connectivity index (χ1) is 16.1. The van der Waals surface area contributed by atoms with Crippen LogP contribution in [0.2, 0.25) is 0 Å². The highest BCUT2D eigenvalue weighted by Gasteiger charge is 2.15. The second-order valence-electron chi connectivity index (χ2n) is 9.22. The van der Waals surface area contributed by atoms with Gasteiger partial charge in [0.2, 0.25) is 0 Å². The molecule has 33 heavy (non-hydrogen) atoms. The lowest BCUT2D eigenvalue weighted by Crippen LogP contribution is -2.12. The van der Waals surface area contributed by atoms with Gasteiger partial charge < -0.3 is 9.47 Å². The molecule has 4 nitrogen and oxygen atoms in total. The summed E-state index contributed by atoms with van der Waals surface area (Å²) < 4.78 is 11.3. The fraction of sp³-hybridized carbons (Fsp3) is 0.724. The number of carbonyl (C=O) groups excluding carboxylic acids is 2. The number of aryl methyl sites for hydroxylation is 1. The number of hydrogen-bond donors (Lipinski definition) is 0. The second kappa shape index (κ2) is 19.6. The van der Waals surface area contributed by atoms with Gasteiger partial charge in [-0.3, -0.25) is 9.59 Å². The van der Waals surface area contributed by atoms with E-state index in [1.165, 1.54) is 44.9 Å². The second-order valence-corrected chi connectivity index (χ2v) is 9.22. The molecular weight excluding hydrogens is 412 g/mol. The Morgan fingerprint density at radius 2 is 1.03 bits per heavy atom. The first kappa shape index (κ1) is 29.2. The summed E-state index contributed by atoms with van der Waals surface area (Å²) in [7, 11) is 0. The van der Waals surface area contributed by atoms with Crippen LogP contribution in [-0.4, -0.2) is 11.9 Å². The van der Waals surface area contributed by atoms with Crippen LogP contribution in [-0.2, 0) is 16.0 Å². The highest BCUT2D eigenvalue weighted by Crippen LogP contribution is 2.30. The van der Waals surface area contributed by atoms with E-state index in [9.17, 15) is 9.59 Å². The third-order valence-corrected chi connectivity index (χ3v) is 5.99. The molecular formula is C29H48O4. The maximum Gasteiger partial charge on any atom is 0.311 e. The van der Waals surface area contributed by atoms with Crippen LogP contribution < -0.4 is 9.47 Å². The van der Waals surface area contributed by atoms with Crippen molar-refractivity contribution in [3.8, 4) is 11.5 Å². The monoisotopic (exact) mass is 460 g/mol. The molecule has 0 saturated carbocycles. The molecule has 1 aromatic rings. The van der Waals surface area contributed by atoms with Crippen molar-refractivity contribution in [2.75, 3.05) is 0 Å². The van der Waals surface area contributed by atoms with Crippen molar-refractivity contribution in [3.63, 3.8) is 0 Å². The Morgan fingerprint density at radius 3 is 1.58 bits per heavy atom. The summed E-state index contributed by atoms with van der Waals surface area (Å²) in [6, 6.07) is 5.64. The predicted octanol–water partition coefficient (Wildman–Crippen LogP) is 8.73. The number of rotatable bonds is 20. The quantitative estimate of drug-likeness (QED) is 0.111. The van der Waals surface area contributed by atoms with Crippen LogP contribution in [0.15, 0.2) is 18.2 Å². The van der Waals surface area contributed by atoms with Gasteiger partial charge in [0.25, 0.3) is 0 Å². The SMILES string of the molecule is CCCCCCCCC(=O)Oc1ccc(CCCCC)cc1OC(=O)CCCCCCCC. The third kappa shape index (κ3) is 14.8. The van der Waals surface area contributed by atoms with Gasteiger partial charge in [-0.1, -0.05) is 104 Å². The van der Waals surface area contributed by atoms with Gasteiger partial charge in [-0.05, 0) is 43.4 Å². The van der Waals surface area contributed by atoms with Gasteiger partial charge in [-0.2, -0.15) is 0 Å². The molecule has 0 aliphatic heterocycles. The smallest absolute Gasteiger partial charge is 0.311 e. The van der Waals surface area contributed by atoms with Crippen LogP contribution in [0.5, 0.6) is 11.5 Å². The third-order valence-electron chi connectivity index (χ3n) is 5.99. The van der Waals surface area contributed by atoms with Crippen molar-refractivity contribution in [1.82, 2.24) is 0 Å². The van der Waals surface area contributed by atoms with Crippen molar-refractivity contribution >= 4 is 11.9 Å². The Morgan fingerprint density at radius 1 is 0.576 bits per heavy atom. The normalized spacial score (nSPS) is 10.9. The fourth-order valence-electron chi connectivity index (χ4n) is 3.90.